The Hall–Kier alpha value is -0.780. The maximum Gasteiger partial charge on any atom is 0.120 e. The normalized spacial score (nSPS) is 12.4. The molecule has 0 fully saturated rings. The summed E-state index contributed by atoms with van der Waals surface area (Å²) in [6, 6.07) is 10.9. The van der Waals surface area contributed by atoms with Crippen LogP contribution in [0.4, 0.5) is 0 Å². The van der Waals surface area contributed by atoms with Gasteiger partial charge in [-0.1, -0.05) is 29.3 Å². The molecule has 0 bridgehead atoms. The summed E-state index contributed by atoms with van der Waals surface area (Å²) in [7, 11) is 0. The molecule has 18 heavy (non-hydrogen) atoms. The van der Waals surface area contributed by atoms with Crippen LogP contribution >= 0.6 is 34.5 Å². The van der Waals surface area contributed by atoms with Crippen LogP contribution in [0.5, 0.6) is 5.75 Å². The van der Waals surface area contributed by atoms with E-state index in [1.54, 1.807) is 12.1 Å². The summed E-state index contributed by atoms with van der Waals surface area (Å²) in [6.45, 7) is 0.410. The third kappa shape index (κ3) is 3.60. The fourth-order valence-corrected chi connectivity index (χ4v) is 2.75. The minimum Gasteiger partial charge on any atom is -0.491 e. The van der Waals surface area contributed by atoms with E-state index in [-0.39, 0.29) is 6.04 Å². The van der Waals surface area contributed by atoms with Crippen molar-refractivity contribution in [1.29, 1.82) is 0 Å². The van der Waals surface area contributed by atoms with Crippen LogP contribution in [-0.2, 0) is 0 Å². The minimum absolute atomic E-state index is 0.0959. The van der Waals surface area contributed by atoms with Gasteiger partial charge in [0.1, 0.15) is 12.4 Å². The first kappa shape index (κ1) is 13.6. The van der Waals surface area contributed by atoms with Gasteiger partial charge in [0.2, 0.25) is 0 Å². The molecule has 3 N–H and O–H groups in total. The van der Waals surface area contributed by atoms with E-state index >= 15 is 0 Å². The van der Waals surface area contributed by atoms with Crippen molar-refractivity contribution in [2.24, 2.45) is 5.84 Å². The Morgan fingerprint density at radius 1 is 1.28 bits per heavy atom. The molecule has 1 aromatic carbocycles. The van der Waals surface area contributed by atoms with Crippen LogP contribution in [-0.4, -0.2) is 6.61 Å². The number of halogens is 2. The number of hydrazine groups is 1. The van der Waals surface area contributed by atoms with Crippen LogP contribution in [0.1, 0.15) is 10.9 Å². The average molecular weight is 303 g/mol. The molecule has 1 heterocycles. The summed E-state index contributed by atoms with van der Waals surface area (Å²) in [4.78, 5) is 1.03. The number of benzene rings is 1. The van der Waals surface area contributed by atoms with Crippen molar-refractivity contribution in [2.45, 2.75) is 6.04 Å². The Bertz CT molecular complexity index is 518. The molecule has 0 saturated heterocycles. The largest absolute Gasteiger partial charge is 0.491 e. The molecule has 2 rings (SSSR count). The molecule has 0 amide bonds. The van der Waals surface area contributed by atoms with Crippen molar-refractivity contribution in [1.82, 2.24) is 5.43 Å². The molecule has 6 heteroatoms. The smallest absolute Gasteiger partial charge is 0.120 e. The van der Waals surface area contributed by atoms with E-state index in [1.807, 2.05) is 24.3 Å². The number of rotatable bonds is 5. The van der Waals surface area contributed by atoms with Gasteiger partial charge in [-0.05, 0) is 30.3 Å². The summed E-state index contributed by atoms with van der Waals surface area (Å²) < 4.78 is 6.37. The molecule has 1 aromatic heterocycles. The quantitative estimate of drug-likeness (QED) is 0.655. The van der Waals surface area contributed by atoms with Crippen LogP contribution in [0.15, 0.2) is 36.4 Å². The average Bonchev–Trinajstić information content (AvgIpc) is 2.77. The molecule has 0 spiro atoms. The number of hydrogen-bond acceptors (Lipinski definition) is 4. The predicted molar refractivity (Wildman–Crippen MR) is 76.3 cm³/mol. The molecule has 1 unspecified atom stereocenters. The lowest BCUT2D eigenvalue weighted by Gasteiger charge is -2.15. The van der Waals surface area contributed by atoms with Gasteiger partial charge >= 0.3 is 0 Å². The highest BCUT2D eigenvalue weighted by atomic mass is 35.5. The van der Waals surface area contributed by atoms with Crippen LogP contribution in [0, 0.1) is 0 Å². The standard InChI is InChI=1S/C12H12Cl2N2OS/c13-8-2-1-3-9(6-8)17-7-10(16-15)11-4-5-12(14)18-11/h1-6,10,16H,7,15H2. The summed E-state index contributed by atoms with van der Waals surface area (Å²) in [6.07, 6.45) is 0. The zero-order valence-corrected chi connectivity index (χ0v) is 11.7. The third-order valence-corrected chi connectivity index (χ3v) is 3.93. The van der Waals surface area contributed by atoms with Crippen LogP contribution in [0.2, 0.25) is 9.36 Å². The number of thiophene rings is 1. The fourth-order valence-electron chi connectivity index (χ4n) is 1.46. The summed E-state index contributed by atoms with van der Waals surface area (Å²) >= 11 is 13.2. The Balaban J connectivity index is 1.99. The predicted octanol–water partition coefficient (Wildman–Crippen LogP) is 3.64. The van der Waals surface area contributed by atoms with Crippen molar-refractivity contribution in [3.05, 3.63) is 50.6 Å². The molecule has 0 aliphatic rings. The number of nitrogens with two attached hydrogens (primary N) is 1. The third-order valence-electron chi connectivity index (χ3n) is 2.35. The molecule has 0 aliphatic heterocycles. The van der Waals surface area contributed by atoms with Crippen molar-refractivity contribution in [3.8, 4) is 5.75 Å². The highest BCUT2D eigenvalue weighted by molar-refractivity contribution is 7.16. The van der Waals surface area contributed by atoms with Crippen molar-refractivity contribution >= 4 is 34.5 Å². The second-order valence-electron chi connectivity index (χ2n) is 3.63. The lowest BCUT2D eigenvalue weighted by Crippen LogP contribution is -2.31. The van der Waals surface area contributed by atoms with Gasteiger partial charge in [-0.25, -0.2) is 5.43 Å². The van der Waals surface area contributed by atoms with E-state index in [2.05, 4.69) is 5.43 Å². The van der Waals surface area contributed by atoms with Gasteiger partial charge in [0.15, 0.2) is 0 Å². The molecular formula is C12H12Cl2N2OS. The van der Waals surface area contributed by atoms with Crippen molar-refractivity contribution in [2.75, 3.05) is 6.61 Å². The van der Waals surface area contributed by atoms with E-state index in [1.165, 1.54) is 11.3 Å². The Morgan fingerprint density at radius 2 is 2.11 bits per heavy atom. The summed E-state index contributed by atoms with van der Waals surface area (Å²) in [5.41, 5.74) is 2.71. The van der Waals surface area contributed by atoms with E-state index in [4.69, 9.17) is 33.8 Å². The first-order valence-electron chi connectivity index (χ1n) is 5.29. The number of ether oxygens (including phenoxy) is 1. The fraction of sp³-hybridized carbons (Fsp3) is 0.167. The molecule has 3 nitrogen and oxygen atoms in total. The number of hydrogen-bond donors (Lipinski definition) is 2. The zero-order chi connectivity index (χ0) is 13.0. The molecule has 96 valence electrons. The van der Waals surface area contributed by atoms with Crippen molar-refractivity contribution < 1.29 is 4.74 Å². The van der Waals surface area contributed by atoms with E-state index in [0.717, 1.165) is 9.21 Å². The lowest BCUT2D eigenvalue weighted by molar-refractivity contribution is 0.269. The second kappa shape index (κ2) is 6.41. The van der Waals surface area contributed by atoms with Gasteiger partial charge in [-0.2, -0.15) is 0 Å². The topological polar surface area (TPSA) is 47.3 Å². The zero-order valence-electron chi connectivity index (χ0n) is 9.40. The lowest BCUT2D eigenvalue weighted by atomic mass is 10.2. The second-order valence-corrected chi connectivity index (χ2v) is 5.81. The first-order valence-corrected chi connectivity index (χ1v) is 6.86. The summed E-state index contributed by atoms with van der Waals surface area (Å²) in [5, 5.41) is 0.643. The maximum absolute atomic E-state index is 5.89. The molecule has 0 radical (unpaired) electrons. The molecule has 1 atom stereocenters. The molecular weight excluding hydrogens is 291 g/mol. The van der Waals surface area contributed by atoms with Gasteiger partial charge in [0, 0.05) is 9.90 Å². The van der Waals surface area contributed by atoms with Crippen LogP contribution in [0.3, 0.4) is 0 Å². The van der Waals surface area contributed by atoms with E-state index in [9.17, 15) is 0 Å². The summed E-state index contributed by atoms with van der Waals surface area (Å²) in [5.74, 6) is 6.23. The molecule has 0 aliphatic carbocycles. The van der Waals surface area contributed by atoms with Gasteiger partial charge in [-0.15, -0.1) is 11.3 Å². The first-order chi connectivity index (χ1) is 8.69. The number of nitrogens with one attached hydrogen (secondary N) is 1. The highest BCUT2D eigenvalue weighted by Gasteiger charge is 2.13. The molecule has 2 aromatic rings. The Morgan fingerprint density at radius 3 is 2.72 bits per heavy atom. The van der Waals surface area contributed by atoms with Gasteiger partial charge in [0.25, 0.3) is 0 Å². The Kier molecular flexibility index (Phi) is 4.86. The van der Waals surface area contributed by atoms with Crippen molar-refractivity contribution in [3.63, 3.8) is 0 Å². The Labute approximate surface area is 119 Å². The molecule has 0 saturated carbocycles. The SMILES string of the molecule is NNC(COc1cccc(Cl)c1)c1ccc(Cl)s1. The maximum atomic E-state index is 5.89. The van der Waals surface area contributed by atoms with Gasteiger partial charge in [-0.3, -0.25) is 5.84 Å². The monoisotopic (exact) mass is 302 g/mol. The van der Waals surface area contributed by atoms with Gasteiger partial charge < -0.3 is 4.74 Å². The highest BCUT2D eigenvalue weighted by Crippen LogP contribution is 2.27. The van der Waals surface area contributed by atoms with Crippen LogP contribution in [0.25, 0.3) is 0 Å². The minimum atomic E-state index is -0.0959. The van der Waals surface area contributed by atoms with Crippen LogP contribution < -0.4 is 16.0 Å². The van der Waals surface area contributed by atoms with Gasteiger partial charge in [0.05, 0.1) is 10.4 Å². The van der Waals surface area contributed by atoms with E-state index < -0.39 is 0 Å². The van der Waals surface area contributed by atoms with E-state index in [0.29, 0.717) is 17.4 Å².